The van der Waals surface area contributed by atoms with Gasteiger partial charge in [0.15, 0.2) is 11.5 Å². The topological polar surface area (TPSA) is 224 Å². The van der Waals surface area contributed by atoms with Gasteiger partial charge in [0.2, 0.25) is 10.4 Å². The van der Waals surface area contributed by atoms with E-state index in [-0.39, 0.29) is 101 Å². The largest absolute Gasteiger partial charge is 1.00 e. The van der Waals surface area contributed by atoms with E-state index in [0.717, 1.165) is 12.1 Å². The molecule has 2 aromatic carbocycles. The third kappa shape index (κ3) is 11.6. The Balaban J connectivity index is 0.00000432. The van der Waals surface area contributed by atoms with Crippen molar-refractivity contribution < 1.29 is 145 Å². The zero-order valence-corrected chi connectivity index (χ0v) is 28.4. The second kappa shape index (κ2) is 14.6. The summed E-state index contributed by atoms with van der Waals surface area (Å²) in [4.78, 5) is 3.05. The summed E-state index contributed by atoms with van der Waals surface area (Å²) >= 11 is 0. The number of fused-ring (bicyclic) bond motifs is 1. The van der Waals surface area contributed by atoms with Crippen molar-refractivity contribution in [1.29, 1.82) is 0 Å². The summed E-state index contributed by atoms with van der Waals surface area (Å²) in [6.07, 6.45) is 0. The number of hydrogen-bond acceptors (Lipinski definition) is 13. The van der Waals surface area contributed by atoms with Crippen molar-refractivity contribution in [3.05, 3.63) is 42.0 Å². The molecule has 0 saturated heterocycles. The van der Waals surface area contributed by atoms with Crippen LogP contribution in [-0.2, 0) is 35.4 Å². The first kappa shape index (κ1) is 37.1. The van der Waals surface area contributed by atoms with Gasteiger partial charge < -0.3 is 31.7 Å². The first-order valence-electron chi connectivity index (χ1n) is 8.92. The molecule has 0 aliphatic heterocycles. The van der Waals surface area contributed by atoms with Crippen LogP contribution in [-0.4, -0.2) is 57.1 Å². The van der Waals surface area contributed by atoms with Crippen LogP contribution in [0.1, 0.15) is 5.56 Å². The molecule has 3 rings (SSSR count). The molecule has 0 amide bonds. The maximum absolute atomic E-state index is 11.0. The van der Waals surface area contributed by atoms with Gasteiger partial charge in [0.25, 0.3) is 20.8 Å². The van der Waals surface area contributed by atoms with Crippen LogP contribution < -0.4 is 102 Å². The van der Waals surface area contributed by atoms with Gasteiger partial charge in [0.05, 0.1) is 6.61 Å². The molecule has 3 aromatic rings. The minimum Gasteiger partial charge on any atom is -0.726 e. The Morgan fingerprint density at radius 1 is 0.757 bits per heavy atom. The van der Waals surface area contributed by atoms with Crippen molar-refractivity contribution in [2.45, 2.75) is 6.92 Å². The van der Waals surface area contributed by atoms with Gasteiger partial charge >= 0.3 is 88.7 Å². The summed E-state index contributed by atoms with van der Waals surface area (Å²) in [5, 5.41) is 0.631. The van der Waals surface area contributed by atoms with E-state index in [1.807, 2.05) is 0 Å². The molecule has 0 spiro atoms. The van der Waals surface area contributed by atoms with Gasteiger partial charge in [-0.1, -0.05) is 0 Å². The van der Waals surface area contributed by atoms with Crippen LogP contribution in [0.5, 0.6) is 17.2 Å². The van der Waals surface area contributed by atoms with Crippen LogP contribution in [0.2, 0.25) is 0 Å². The normalized spacial score (nSPS) is 11.6. The van der Waals surface area contributed by atoms with Crippen molar-refractivity contribution in [3.8, 4) is 28.5 Å². The van der Waals surface area contributed by atoms with E-state index < -0.39 is 49.3 Å². The molecule has 1 heterocycles. The van der Waals surface area contributed by atoms with Gasteiger partial charge in [-0.05, 0) is 48.9 Å². The molecule has 37 heavy (non-hydrogen) atoms. The van der Waals surface area contributed by atoms with Gasteiger partial charge in [0, 0.05) is 22.2 Å². The van der Waals surface area contributed by atoms with E-state index in [0.29, 0.717) is 27.9 Å². The molecular weight excluding hydrogens is 591 g/mol. The minimum absolute atomic E-state index is 0. The average molecular weight is 605 g/mol. The number of aromatic amines is 1. The Bertz CT molecular complexity index is 1560. The molecule has 0 fully saturated rings. The Morgan fingerprint density at radius 2 is 1.35 bits per heavy atom. The summed E-state index contributed by atoms with van der Waals surface area (Å²) < 4.78 is 115. The standard InChI is InChI=1S/C17H17NO13S3.3Na/c1-10-13-9-12(28-6-7-29-32(19,20)21)3-4-14(13)18-17(10)11-2-5-15(30-33(22,23)24)16(8-11)31-34(25,26)27;;;/h2-5,8-9,18H,6-7H2,1H3,(H,19,20,21)(H,22,23,24)(H,25,26,27);;;/q;3*+1/p-3. The summed E-state index contributed by atoms with van der Waals surface area (Å²) in [6.45, 7) is 0.973. The van der Waals surface area contributed by atoms with Crippen LogP contribution in [0.3, 0.4) is 0 Å². The van der Waals surface area contributed by atoms with Crippen LogP contribution in [0.15, 0.2) is 36.4 Å². The molecule has 1 aromatic heterocycles. The smallest absolute Gasteiger partial charge is 0.726 e. The number of aryl methyl sites for hydroxylation is 1. The first-order chi connectivity index (χ1) is 15.6. The van der Waals surface area contributed by atoms with Crippen LogP contribution in [0.4, 0.5) is 0 Å². The summed E-state index contributed by atoms with van der Waals surface area (Å²) in [5.41, 5.74) is 1.87. The fourth-order valence-electron chi connectivity index (χ4n) is 3.00. The van der Waals surface area contributed by atoms with Gasteiger partial charge in [-0.25, -0.2) is 25.3 Å². The Kier molecular flexibility index (Phi) is 14.7. The van der Waals surface area contributed by atoms with E-state index in [4.69, 9.17) is 4.74 Å². The summed E-state index contributed by atoms with van der Waals surface area (Å²) in [7, 11) is -15.5. The van der Waals surface area contributed by atoms with Crippen molar-refractivity contribution in [3.63, 3.8) is 0 Å². The van der Waals surface area contributed by atoms with Crippen LogP contribution in [0.25, 0.3) is 22.2 Å². The fourth-order valence-corrected chi connectivity index (χ4v) is 3.98. The monoisotopic (exact) mass is 605 g/mol. The van der Waals surface area contributed by atoms with E-state index >= 15 is 0 Å². The quantitative estimate of drug-likeness (QED) is 0.0982. The van der Waals surface area contributed by atoms with Crippen molar-refractivity contribution in [2.75, 3.05) is 13.2 Å². The second-order valence-electron chi connectivity index (χ2n) is 6.56. The van der Waals surface area contributed by atoms with E-state index in [2.05, 4.69) is 17.5 Å². The predicted molar refractivity (Wildman–Crippen MR) is 110 cm³/mol. The number of H-pyrrole nitrogens is 1. The molecule has 0 radical (unpaired) electrons. The van der Waals surface area contributed by atoms with Crippen molar-refractivity contribution >= 4 is 42.1 Å². The van der Waals surface area contributed by atoms with Crippen molar-refractivity contribution in [2.24, 2.45) is 0 Å². The molecule has 0 unspecified atom stereocenters. The third-order valence-corrected chi connectivity index (χ3v) is 5.45. The molecule has 0 aliphatic rings. The van der Waals surface area contributed by atoms with Gasteiger partial charge in [-0.3, -0.25) is 4.18 Å². The molecule has 0 saturated carbocycles. The van der Waals surface area contributed by atoms with Crippen LogP contribution >= 0.6 is 0 Å². The number of nitrogens with one attached hydrogen (secondary N) is 1. The van der Waals surface area contributed by atoms with E-state index in [9.17, 15) is 38.9 Å². The second-order valence-corrected chi connectivity index (χ2v) is 9.57. The summed E-state index contributed by atoms with van der Waals surface area (Å²) in [6, 6.07) is 7.98. The molecule has 1 N–H and O–H groups in total. The van der Waals surface area contributed by atoms with E-state index in [1.54, 1.807) is 25.1 Å². The number of benzene rings is 2. The number of aromatic nitrogens is 1. The maximum atomic E-state index is 11.0. The van der Waals surface area contributed by atoms with Crippen LogP contribution in [0, 0.1) is 6.92 Å². The molecule has 20 heteroatoms. The molecule has 0 bridgehead atoms. The molecule has 0 atom stereocenters. The third-order valence-electron chi connectivity index (χ3n) is 4.23. The average Bonchev–Trinajstić information content (AvgIpc) is 3.00. The first-order valence-corrected chi connectivity index (χ1v) is 12.9. The SMILES string of the molecule is Cc1c(-c2ccc(OS(=O)(=O)[O-])c(OS(=O)(=O)[O-])c2)[nH]c2ccc(OCCOS(=O)(=O)[O-])cc12.[Na+].[Na+].[Na+]. The maximum Gasteiger partial charge on any atom is 1.00 e. The van der Waals surface area contributed by atoms with Gasteiger partial charge in [-0.2, -0.15) is 0 Å². The molecule has 0 aliphatic carbocycles. The fraction of sp³-hybridized carbons (Fsp3) is 0.176. The molecule has 14 nitrogen and oxygen atoms in total. The Hall–Kier alpha value is 0.0700. The Labute approximate surface area is 279 Å². The zero-order valence-electron chi connectivity index (χ0n) is 19.9. The van der Waals surface area contributed by atoms with Gasteiger partial charge in [-0.15, -0.1) is 0 Å². The summed E-state index contributed by atoms with van der Waals surface area (Å²) in [5.74, 6) is -1.30. The minimum atomic E-state index is -5.34. The Morgan fingerprint density at radius 3 is 1.92 bits per heavy atom. The van der Waals surface area contributed by atoms with E-state index in [1.165, 1.54) is 6.07 Å². The zero-order chi connectivity index (χ0) is 25.3. The molecule has 186 valence electrons. The predicted octanol–water partition coefficient (Wildman–Crippen LogP) is -8.31. The van der Waals surface area contributed by atoms with Crippen molar-refractivity contribution in [1.82, 2.24) is 4.98 Å². The van der Waals surface area contributed by atoms with Gasteiger partial charge in [0.1, 0.15) is 12.4 Å². The molecular formula is C17H14NNa3O13S3. The number of ether oxygens (including phenoxy) is 1. The number of hydrogen-bond donors (Lipinski definition) is 1. The number of rotatable bonds is 10.